The molecule has 0 aliphatic carbocycles. The van der Waals surface area contributed by atoms with Crippen molar-refractivity contribution in [2.45, 2.75) is 18.9 Å². The second-order valence-electron chi connectivity index (χ2n) is 6.75. The molecule has 0 aromatic heterocycles. The van der Waals surface area contributed by atoms with Crippen LogP contribution < -0.4 is 9.64 Å². The van der Waals surface area contributed by atoms with E-state index in [2.05, 4.69) is 46.2 Å². The molecule has 5 heteroatoms. The predicted molar refractivity (Wildman–Crippen MR) is 104 cm³/mol. The number of aliphatic imine (C=N–C) groups is 1. The number of hydrogen-bond acceptors (Lipinski definition) is 5. The van der Waals surface area contributed by atoms with Crippen molar-refractivity contribution in [2.24, 2.45) is 4.99 Å². The Morgan fingerprint density at radius 1 is 1.12 bits per heavy atom. The van der Waals surface area contributed by atoms with Gasteiger partial charge in [-0.2, -0.15) is 0 Å². The summed E-state index contributed by atoms with van der Waals surface area (Å²) in [5, 5.41) is 0. The van der Waals surface area contributed by atoms with Crippen LogP contribution in [0.1, 0.15) is 18.4 Å². The van der Waals surface area contributed by atoms with Gasteiger partial charge in [-0.05, 0) is 37.1 Å². The zero-order valence-electron chi connectivity index (χ0n) is 15.2. The summed E-state index contributed by atoms with van der Waals surface area (Å²) in [6, 6.07) is 18.6. The molecule has 0 N–H and O–H groups in total. The molecule has 1 fully saturated rings. The quantitative estimate of drug-likeness (QED) is 0.828. The van der Waals surface area contributed by atoms with Gasteiger partial charge in [0.15, 0.2) is 0 Å². The topological polar surface area (TPSA) is 37.3 Å². The lowest BCUT2D eigenvalue weighted by atomic mass is 10.1. The Morgan fingerprint density at radius 3 is 2.62 bits per heavy atom. The van der Waals surface area contributed by atoms with Crippen LogP contribution in [-0.4, -0.2) is 50.4 Å². The predicted octanol–water partition coefficient (Wildman–Crippen LogP) is 3.36. The first-order valence-electron chi connectivity index (χ1n) is 9.19. The molecule has 0 spiro atoms. The minimum Gasteiger partial charge on any atom is -0.497 e. The molecular formula is C21H25N3O2. The number of anilines is 1. The van der Waals surface area contributed by atoms with E-state index in [0.29, 0.717) is 12.8 Å². The number of amidine groups is 1. The second kappa shape index (κ2) is 7.89. The molecule has 2 aromatic rings. The molecule has 4 rings (SSSR count). The summed E-state index contributed by atoms with van der Waals surface area (Å²) in [4.78, 5) is 9.53. The molecule has 0 saturated carbocycles. The van der Waals surface area contributed by atoms with Crippen LogP contribution in [-0.2, 0) is 4.74 Å². The Labute approximate surface area is 154 Å². The van der Waals surface area contributed by atoms with Crippen LogP contribution in [0.25, 0.3) is 0 Å². The molecule has 26 heavy (non-hydrogen) atoms. The third kappa shape index (κ3) is 3.74. The van der Waals surface area contributed by atoms with Crippen molar-refractivity contribution in [1.29, 1.82) is 0 Å². The highest BCUT2D eigenvalue weighted by molar-refractivity contribution is 6.10. The molecular weight excluding hydrogens is 326 g/mol. The highest BCUT2D eigenvalue weighted by Gasteiger charge is 2.26. The van der Waals surface area contributed by atoms with Crippen molar-refractivity contribution >= 4 is 11.5 Å². The summed E-state index contributed by atoms with van der Waals surface area (Å²) in [7, 11) is 1.69. The molecule has 2 aliphatic rings. The molecule has 1 atom stereocenters. The number of hydrogen-bond donors (Lipinski definition) is 0. The van der Waals surface area contributed by atoms with Gasteiger partial charge in [-0.25, -0.2) is 0 Å². The molecule has 1 unspecified atom stereocenters. The maximum atomic E-state index is 5.81. The van der Waals surface area contributed by atoms with Gasteiger partial charge in [0.05, 0.1) is 26.6 Å². The van der Waals surface area contributed by atoms with Crippen molar-refractivity contribution in [1.82, 2.24) is 4.90 Å². The zero-order valence-corrected chi connectivity index (χ0v) is 15.2. The number of rotatable bonds is 5. The fraction of sp³-hybridized carbons (Fsp3) is 0.381. The largest absolute Gasteiger partial charge is 0.497 e. The van der Waals surface area contributed by atoms with Gasteiger partial charge < -0.3 is 14.4 Å². The summed E-state index contributed by atoms with van der Waals surface area (Å²) in [6.07, 6.45) is 2.65. The smallest absolute Gasteiger partial charge is 0.137 e. The Bertz CT molecular complexity index is 740. The first kappa shape index (κ1) is 17.1. The molecule has 0 bridgehead atoms. The van der Waals surface area contributed by atoms with Crippen LogP contribution in [0.5, 0.6) is 5.75 Å². The van der Waals surface area contributed by atoms with Crippen LogP contribution in [0, 0.1) is 0 Å². The van der Waals surface area contributed by atoms with E-state index in [4.69, 9.17) is 14.5 Å². The Balaban J connectivity index is 1.60. The molecule has 136 valence electrons. The summed E-state index contributed by atoms with van der Waals surface area (Å²) in [5.74, 6) is 1.87. The fourth-order valence-electron chi connectivity index (χ4n) is 3.56. The number of ether oxygens (including phenoxy) is 2. The zero-order chi connectivity index (χ0) is 17.8. The van der Waals surface area contributed by atoms with E-state index < -0.39 is 0 Å². The lowest BCUT2D eigenvalue weighted by molar-refractivity contribution is 0.0739. The van der Waals surface area contributed by atoms with Gasteiger partial charge in [-0.15, -0.1) is 0 Å². The highest BCUT2D eigenvalue weighted by Crippen LogP contribution is 2.25. The molecule has 0 amide bonds. The average Bonchev–Trinajstić information content (AvgIpc) is 3.22. The molecule has 0 radical (unpaired) electrons. The third-order valence-electron chi connectivity index (χ3n) is 4.92. The van der Waals surface area contributed by atoms with E-state index in [1.165, 1.54) is 6.42 Å². The Hall–Kier alpha value is -2.37. The maximum absolute atomic E-state index is 5.81. The molecule has 2 aliphatic heterocycles. The highest BCUT2D eigenvalue weighted by atomic mass is 16.5. The third-order valence-corrected chi connectivity index (χ3v) is 4.92. The van der Waals surface area contributed by atoms with Crippen LogP contribution in [0.2, 0.25) is 0 Å². The van der Waals surface area contributed by atoms with Gasteiger partial charge in [-0.1, -0.05) is 30.3 Å². The van der Waals surface area contributed by atoms with Crippen molar-refractivity contribution in [3.05, 3.63) is 60.2 Å². The first-order valence-corrected chi connectivity index (χ1v) is 9.19. The summed E-state index contributed by atoms with van der Waals surface area (Å²) in [6.45, 7) is 3.33. The summed E-state index contributed by atoms with van der Waals surface area (Å²) in [5.41, 5.74) is 2.26. The number of methoxy groups -OCH3 is 1. The van der Waals surface area contributed by atoms with Gasteiger partial charge in [0, 0.05) is 24.4 Å². The van der Waals surface area contributed by atoms with Gasteiger partial charge in [-0.3, -0.25) is 9.89 Å². The van der Waals surface area contributed by atoms with E-state index >= 15 is 0 Å². The number of benzene rings is 2. The fourth-order valence-corrected chi connectivity index (χ4v) is 3.56. The van der Waals surface area contributed by atoms with E-state index in [9.17, 15) is 0 Å². The lowest BCUT2D eigenvalue weighted by Gasteiger charge is -2.37. The SMILES string of the molecule is COc1ccc(N2CN(CC3CCCO3)CN=C2c2ccccc2)cc1. The molecule has 1 saturated heterocycles. The van der Waals surface area contributed by atoms with Crippen LogP contribution in [0.4, 0.5) is 5.69 Å². The normalized spacial score (nSPS) is 20.9. The van der Waals surface area contributed by atoms with E-state index in [-0.39, 0.29) is 0 Å². The van der Waals surface area contributed by atoms with E-state index in [1.54, 1.807) is 7.11 Å². The maximum Gasteiger partial charge on any atom is 0.137 e. The van der Waals surface area contributed by atoms with Crippen molar-refractivity contribution in [2.75, 3.05) is 38.5 Å². The Kier molecular flexibility index (Phi) is 5.18. The van der Waals surface area contributed by atoms with Crippen LogP contribution >= 0.6 is 0 Å². The van der Waals surface area contributed by atoms with Crippen molar-refractivity contribution in [3.63, 3.8) is 0 Å². The standard InChI is InChI=1S/C21H25N3O2/c1-25-19-11-9-18(10-12-19)24-16-23(14-20-8-5-13-26-20)15-22-21(24)17-6-3-2-4-7-17/h2-4,6-7,9-12,20H,5,8,13-16H2,1H3. The summed E-state index contributed by atoms with van der Waals surface area (Å²) >= 11 is 0. The van der Waals surface area contributed by atoms with Crippen molar-refractivity contribution in [3.8, 4) is 5.75 Å². The minimum absolute atomic E-state index is 0.334. The van der Waals surface area contributed by atoms with Gasteiger partial charge in [0.25, 0.3) is 0 Å². The monoisotopic (exact) mass is 351 g/mol. The van der Waals surface area contributed by atoms with Crippen LogP contribution in [0.3, 0.4) is 0 Å². The average molecular weight is 351 g/mol. The van der Waals surface area contributed by atoms with Crippen LogP contribution in [0.15, 0.2) is 59.6 Å². The Morgan fingerprint density at radius 2 is 1.92 bits per heavy atom. The first-order chi connectivity index (χ1) is 12.8. The lowest BCUT2D eigenvalue weighted by Crippen LogP contribution is -2.48. The van der Waals surface area contributed by atoms with Gasteiger partial charge in [0.2, 0.25) is 0 Å². The van der Waals surface area contributed by atoms with Crippen molar-refractivity contribution < 1.29 is 9.47 Å². The second-order valence-corrected chi connectivity index (χ2v) is 6.75. The van der Waals surface area contributed by atoms with Gasteiger partial charge >= 0.3 is 0 Å². The number of nitrogens with zero attached hydrogens (tertiary/aromatic N) is 3. The summed E-state index contributed by atoms with van der Waals surface area (Å²) < 4.78 is 11.1. The molecule has 5 nitrogen and oxygen atoms in total. The minimum atomic E-state index is 0.334. The van der Waals surface area contributed by atoms with E-state index in [1.807, 2.05) is 18.2 Å². The van der Waals surface area contributed by atoms with E-state index in [0.717, 1.165) is 49.1 Å². The molecule has 2 heterocycles. The molecule has 2 aromatic carbocycles. The van der Waals surface area contributed by atoms with Gasteiger partial charge in [0.1, 0.15) is 11.6 Å².